The van der Waals surface area contributed by atoms with Gasteiger partial charge < -0.3 is 14.8 Å². The molecular formula is C22H30N4O. The molecular weight excluding hydrogens is 336 g/mol. The smallest absolute Gasteiger partial charge is 0.321 e. The molecule has 4 rings (SSSR count). The number of imidazole rings is 1. The lowest BCUT2D eigenvalue weighted by Crippen LogP contribution is -2.42. The summed E-state index contributed by atoms with van der Waals surface area (Å²) in [5.74, 6) is 2.30. The molecule has 2 aromatic rings. The molecule has 1 saturated heterocycles. The Kier molecular flexibility index (Phi) is 5.19. The Bertz CT molecular complexity index is 808. The fraction of sp³-hybridized carbons (Fsp3) is 0.545. The number of aryl methyl sites for hydroxylation is 2. The molecule has 5 heteroatoms. The topological polar surface area (TPSA) is 50.2 Å². The van der Waals surface area contributed by atoms with E-state index in [0.29, 0.717) is 5.92 Å². The van der Waals surface area contributed by atoms with Gasteiger partial charge in [-0.2, -0.15) is 0 Å². The third kappa shape index (κ3) is 4.02. The predicted octanol–water partition coefficient (Wildman–Crippen LogP) is 4.71. The number of benzene rings is 1. The predicted molar refractivity (Wildman–Crippen MR) is 108 cm³/mol. The van der Waals surface area contributed by atoms with Crippen LogP contribution in [0, 0.1) is 19.8 Å². The van der Waals surface area contributed by atoms with Crippen LogP contribution in [0.15, 0.2) is 30.6 Å². The van der Waals surface area contributed by atoms with Crippen molar-refractivity contribution < 1.29 is 4.79 Å². The van der Waals surface area contributed by atoms with Crippen molar-refractivity contribution in [3.63, 3.8) is 0 Å². The van der Waals surface area contributed by atoms with Crippen LogP contribution in [-0.2, 0) is 6.54 Å². The van der Waals surface area contributed by atoms with Crippen LogP contribution >= 0.6 is 0 Å². The lowest BCUT2D eigenvalue weighted by atomic mass is 9.85. The third-order valence-electron chi connectivity index (χ3n) is 6.12. The van der Waals surface area contributed by atoms with Crippen molar-refractivity contribution in [1.29, 1.82) is 0 Å². The SMILES string of the molecule is Cc1ccc(NC(=O)N2CCC[C@H](c3nccn3CC3CCC3)C2)c(C)c1. The third-order valence-corrected chi connectivity index (χ3v) is 6.12. The Morgan fingerprint density at radius 2 is 2.07 bits per heavy atom. The van der Waals surface area contributed by atoms with Gasteiger partial charge in [0, 0.05) is 43.6 Å². The normalized spacial score (nSPS) is 20.4. The van der Waals surface area contributed by atoms with Crippen molar-refractivity contribution in [3.05, 3.63) is 47.5 Å². The number of rotatable bonds is 4. The Balaban J connectivity index is 1.42. The largest absolute Gasteiger partial charge is 0.334 e. The first-order valence-corrected chi connectivity index (χ1v) is 10.2. The fourth-order valence-electron chi connectivity index (χ4n) is 4.31. The maximum absolute atomic E-state index is 12.8. The molecule has 144 valence electrons. The number of nitrogens with one attached hydrogen (secondary N) is 1. The highest BCUT2D eigenvalue weighted by Gasteiger charge is 2.28. The van der Waals surface area contributed by atoms with Crippen LogP contribution in [0.3, 0.4) is 0 Å². The van der Waals surface area contributed by atoms with Crippen molar-refractivity contribution in [1.82, 2.24) is 14.5 Å². The first kappa shape index (κ1) is 18.1. The number of carbonyl (C=O) groups excluding carboxylic acids is 1. The van der Waals surface area contributed by atoms with Crippen molar-refractivity contribution in [3.8, 4) is 0 Å². The average Bonchev–Trinajstić information content (AvgIpc) is 3.09. The van der Waals surface area contributed by atoms with E-state index in [0.717, 1.165) is 55.5 Å². The fourth-order valence-corrected chi connectivity index (χ4v) is 4.31. The molecule has 1 aromatic heterocycles. The summed E-state index contributed by atoms with van der Waals surface area (Å²) >= 11 is 0. The van der Waals surface area contributed by atoms with E-state index >= 15 is 0 Å². The van der Waals surface area contributed by atoms with E-state index in [1.54, 1.807) is 0 Å². The number of nitrogens with zero attached hydrogens (tertiary/aromatic N) is 3. The van der Waals surface area contributed by atoms with Gasteiger partial charge in [-0.15, -0.1) is 0 Å². The van der Waals surface area contributed by atoms with Crippen LogP contribution in [0.25, 0.3) is 0 Å². The second kappa shape index (κ2) is 7.75. The van der Waals surface area contributed by atoms with Crippen LogP contribution in [0.1, 0.15) is 55.0 Å². The number of hydrogen-bond acceptors (Lipinski definition) is 2. The van der Waals surface area contributed by atoms with Gasteiger partial charge in [0.25, 0.3) is 0 Å². The van der Waals surface area contributed by atoms with E-state index in [1.165, 1.54) is 24.8 Å². The number of hydrogen-bond donors (Lipinski definition) is 1. The molecule has 1 saturated carbocycles. The average molecular weight is 367 g/mol. The number of anilines is 1. The van der Waals surface area contributed by atoms with E-state index in [2.05, 4.69) is 34.1 Å². The monoisotopic (exact) mass is 366 g/mol. The summed E-state index contributed by atoms with van der Waals surface area (Å²) in [4.78, 5) is 19.4. The Morgan fingerprint density at radius 3 is 2.81 bits per heavy atom. The summed E-state index contributed by atoms with van der Waals surface area (Å²) in [5.41, 5.74) is 3.22. The van der Waals surface area contributed by atoms with Crippen molar-refractivity contribution in [2.24, 2.45) is 5.92 Å². The maximum atomic E-state index is 12.8. The van der Waals surface area contributed by atoms with E-state index in [9.17, 15) is 4.79 Å². The summed E-state index contributed by atoms with van der Waals surface area (Å²) < 4.78 is 2.33. The van der Waals surface area contributed by atoms with Crippen molar-refractivity contribution >= 4 is 11.7 Å². The van der Waals surface area contributed by atoms with Gasteiger partial charge in [0.05, 0.1) is 0 Å². The van der Waals surface area contributed by atoms with Crippen molar-refractivity contribution in [2.45, 2.75) is 58.4 Å². The summed E-state index contributed by atoms with van der Waals surface area (Å²) in [5, 5.41) is 3.10. The first-order chi connectivity index (χ1) is 13.1. The minimum atomic E-state index is 0.00347. The number of likely N-dealkylation sites (tertiary alicyclic amines) is 1. The lowest BCUT2D eigenvalue weighted by molar-refractivity contribution is 0.189. The minimum absolute atomic E-state index is 0.00347. The molecule has 1 aromatic carbocycles. The lowest BCUT2D eigenvalue weighted by Gasteiger charge is -2.33. The van der Waals surface area contributed by atoms with E-state index in [4.69, 9.17) is 0 Å². The minimum Gasteiger partial charge on any atom is -0.334 e. The van der Waals surface area contributed by atoms with Crippen LogP contribution in [0.4, 0.5) is 10.5 Å². The second-order valence-corrected chi connectivity index (χ2v) is 8.27. The Hall–Kier alpha value is -2.30. The van der Waals surface area contributed by atoms with Gasteiger partial charge in [-0.25, -0.2) is 9.78 Å². The molecule has 1 N–H and O–H groups in total. The van der Waals surface area contributed by atoms with Crippen LogP contribution in [0.2, 0.25) is 0 Å². The highest BCUT2D eigenvalue weighted by molar-refractivity contribution is 5.90. The van der Waals surface area contributed by atoms with E-state index in [-0.39, 0.29) is 6.03 Å². The number of carbonyl (C=O) groups is 1. The summed E-state index contributed by atoms with van der Waals surface area (Å²) in [6.07, 6.45) is 10.2. The van der Waals surface area contributed by atoms with Crippen LogP contribution < -0.4 is 5.32 Å². The Morgan fingerprint density at radius 1 is 1.22 bits per heavy atom. The molecule has 0 radical (unpaired) electrons. The first-order valence-electron chi connectivity index (χ1n) is 10.2. The highest BCUT2D eigenvalue weighted by Crippen LogP contribution is 2.31. The van der Waals surface area contributed by atoms with Gasteiger partial charge in [0.1, 0.15) is 5.82 Å². The molecule has 2 amide bonds. The molecule has 2 fully saturated rings. The number of urea groups is 1. The molecule has 0 unspecified atom stereocenters. The van der Waals surface area contributed by atoms with Gasteiger partial charge in [-0.1, -0.05) is 24.1 Å². The second-order valence-electron chi connectivity index (χ2n) is 8.27. The van der Waals surface area contributed by atoms with E-state index in [1.807, 2.05) is 30.2 Å². The van der Waals surface area contributed by atoms with Gasteiger partial charge in [0.15, 0.2) is 0 Å². The molecule has 5 nitrogen and oxygen atoms in total. The number of amides is 2. The molecule has 0 bridgehead atoms. The summed E-state index contributed by atoms with van der Waals surface area (Å²) in [6, 6.07) is 6.14. The van der Waals surface area contributed by atoms with Crippen LogP contribution in [-0.4, -0.2) is 33.6 Å². The Labute approximate surface area is 161 Å². The van der Waals surface area contributed by atoms with Crippen molar-refractivity contribution in [2.75, 3.05) is 18.4 Å². The quantitative estimate of drug-likeness (QED) is 0.852. The maximum Gasteiger partial charge on any atom is 0.321 e. The molecule has 2 heterocycles. The zero-order valence-corrected chi connectivity index (χ0v) is 16.4. The number of piperidine rings is 1. The molecule has 1 atom stereocenters. The highest BCUT2D eigenvalue weighted by atomic mass is 16.2. The molecule has 2 aliphatic rings. The zero-order valence-electron chi connectivity index (χ0n) is 16.4. The van der Waals surface area contributed by atoms with Gasteiger partial charge in [-0.05, 0) is 57.1 Å². The number of aromatic nitrogens is 2. The standard InChI is InChI=1S/C22H30N4O/c1-16-8-9-20(17(2)13-16)24-22(27)26-11-4-7-19(15-26)21-23-10-12-25(21)14-18-5-3-6-18/h8-10,12-13,18-19H,3-7,11,14-15H2,1-2H3,(H,24,27)/t19-/m0/s1. The van der Waals surface area contributed by atoms with Gasteiger partial charge in [0.2, 0.25) is 0 Å². The van der Waals surface area contributed by atoms with E-state index < -0.39 is 0 Å². The molecule has 1 aliphatic heterocycles. The zero-order chi connectivity index (χ0) is 18.8. The summed E-state index contributed by atoms with van der Waals surface area (Å²) in [6.45, 7) is 6.76. The molecule has 0 spiro atoms. The molecule has 1 aliphatic carbocycles. The molecule has 27 heavy (non-hydrogen) atoms. The van der Waals surface area contributed by atoms with Gasteiger partial charge >= 0.3 is 6.03 Å². The van der Waals surface area contributed by atoms with Gasteiger partial charge in [-0.3, -0.25) is 0 Å². The van der Waals surface area contributed by atoms with Crippen LogP contribution in [0.5, 0.6) is 0 Å². The summed E-state index contributed by atoms with van der Waals surface area (Å²) in [7, 11) is 0.